The second kappa shape index (κ2) is 5.72. The Morgan fingerprint density at radius 2 is 1.79 bits per heavy atom. The van der Waals surface area contributed by atoms with Gasteiger partial charge in [-0.2, -0.15) is 0 Å². The highest BCUT2D eigenvalue weighted by molar-refractivity contribution is 5.83. The van der Waals surface area contributed by atoms with Crippen LogP contribution in [0.3, 0.4) is 0 Å². The molecule has 1 fully saturated rings. The quantitative estimate of drug-likeness (QED) is 0.879. The molecular weight excluding hydrogens is 232 g/mol. The molecule has 1 unspecified atom stereocenters. The summed E-state index contributed by atoms with van der Waals surface area (Å²) in [7, 11) is 2.09. The molecule has 3 rings (SSSR count). The van der Waals surface area contributed by atoms with Gasteiger partial charge in [0, 0.05) is 6.04 Å². The van der Waals surface area contributed by atoms with Gasteiger partial charge in [0.05, 0.1) is 0 Å². The van der Waals surface area contributed by atoms with Crippen LogP contribution in [0.2, 0.25) is 0 Å². The summed E-state index contributed by atoms with van der Waals surface area (Å²) >= 11 is 0. The summed E-state index contributed by atoms with van der Waals surface area (Å²) in [5.41, 5.74) is 1.42. The third-order valence-corrected chi connectivity index (χ3v) is 4.30. The van der Waals surface area contributed by atoms with Crippen LogP contribution in [0.15, 0.2) is 42.5 Å². The highest BCUT2D eigenvalue weighted by Crippen LogP contribution is 2.30. The normalized spacial score (nSPS) is 18.6. The van der Waals surface area contributed by atoms with Gasteiger partial charge in [0.25, 0.3) is 0 Å². The molecule has 0 saturated carbocycles. The molecule has 0 radical (unpaired) electrons. The molecule has 0 spiro atoms. The molecule has 0 amide bonds. The topological polar surface area (TPSA) is 24.1 Å². The van der Waals surface area contributed by atoms with Gasteiger partial charge in [-0.15, -0.1) is 0 Å². The van der Waals surface area contributed by atoms with Gasteiger partial charge in [-0.1, -0.05) is 36.4 Å². The lowest BCUT2D eigenvalue weighted by Crippen LogP contribution is -2.35. The molecule has 1 atom stereocenters. The second-order valence-electron chi connectivity index (χ2n) is 5.46. The third kappa shape index (κ3) is 2.65. The van der Waals surface area contributed by atoms with Crippen molar-refractivity contribution in [2.24, 2.45) is 5.92 Å². The maximum absolute atomic E-state index is 3.52. The summed E-state index contributed by atoms with van der Waals surface area (Å²) in [6, 6.07) is 16.0. The molecule has 2 N–H and O–H groups in total. The van der Waals surface area contributed by atoms with E-state index in [1.54, 1.807) is 0 Å². The van der Waals surface area contributed by atoms with Crippen LogP contribution in [0.1, 0.15) is 24.4 Å². The minimum Gasteiger partial charge on any atom is -0.317 e. The van der Waals surface area contributed by atoms with Gasteiger partial charge < -0.3 is 10.6 Å². The summed E-state index contributed by atoms with van der Waals surface area (Å²) in [6.07, 6.45) is 2.52. The average Bonchev–Trinajstić information content (AvgIpc) is 2.49. The molecule has 19 heavy (non-hydrogen) atoms. The molecule has 2 nitrogen and oxygen atoms in total. The first-order valence-corrected chi connectivity index (χ1v) is 7.25. The zero-order valence-corrected chi connectivity index (χ0v) is 11.5. The highest BCUT2D eigenvalue weighted by Gasteiger charge is 2.23. The zero-order chi connectivity index (χ0) is 13.1. The van der Waals surface area contributed by atoms with E-state index in [1.807, 2.05) is 0 Å². The fourth-order valence-electron chi connectivity index (χ4n) is 3.25. The van der Waals surface area contributed by atoms with Crippen LogP contribution in [0.25, 0.3) is 10.8 Å². The number of nitrogens with one attached hydrogen (secondary N) is 2. The SMILES string of the molecule is CNC(c1ccc2ccccc2c1)C1CCNCC1. The summed E-state index contributed by atoms with van der Waals surface area (Å²) in [4.78, 5) is 0. The largest absolute Gasteiger partial charge is 0.317 e. The van der Waals surface area contributed by atoms with E-state index >= 15 is 0 Å². The molecule has 0 aromatic heterocycles. The Morgan fingerprint density at radius 3 is 2.53 bits per heavy atom. The predicted octanol–water partition coefficient (Wildman–Crippen LogP) is 3.10. The van der Waals surface area contributed by atoms with Gasteiger partial charge in [-0.25, -0.2) is 0 Å². The number of fused-ring (bicyclic) bond motifs is 1. The first kappa shape index (κ1) is 12.6. The Morgan fingerprint density at radius 1 is 1.05 bits per heavy atom. The standard InChI is InChI=1S/C17H22N2/c1-18-17(14-8-10-19-11-9-14)16-7-6-13-4-2-3-5-15(13)12-16/h2-7,12,14,17-19H,8-11H2,1H3. The first-order chi connectivity index (χ1) is 9.38. The Balaban J connectivity index is 1.91. The van der Waals surface area contributed by atoms with Gasteiger partial charge in [0.2, 0.25) is 0 Å². The van der Waals surface area contributed by atoms with Crippen molar-refractivity contribution >= 4 is 10.8 Å². The first-order valence-electron chi connectivity index (χ1n) is 7.25. The number of benzene rings is 2. The molecule has 1 saturated heterocycles. The van der Waals surface area contributed by atoms with E-state index in [0.29, 0.717) is 6.04 Å². The second-order valence-corrected chi connectivity index (χ2v) is 5.46. The fourth-order valence-corrected chi connectivity index (χ4v) is 3.25. The number of hydrogen-bond donors (Lipinski definition) is 2. The Bertz CT molecular complexity index is 544. The van der Waals surface area contributed by atoms with E-state index in [1.165, 1.54) is 29.2 Å². The number of rotatable bonds is 3. The molecule has 1 heterocycles. The van der Waals surface area contributed by atoms with Gasteiger partial charge in [-0.05, 0) is 61.3 Å². The molecule has 0 bridgehead atoms. The van der Waals surface area contributed by atoms with Crippen molar-refractivity contribution in [3.05, 3.63) is 48.0 Å². The van der Waals surface area contributed by atoms with Crippen LogP contribution in [0.4, 0.5) is 0 Å². The van der Waals surface area contributed by atoms with E-state index in [4.69, 9.17) is 0 Å². The van der Waals surface area contributed by atoms with Crippen molar-refractivity contribution in [1.82, 2.24) is 10.6 Å². The number of piperidine rings is 1. The summed E-state index contributed by atoms with van der Waals surface area (Å²) in [5, 5.41) is 9.64. The van der Waals surface area contributed by atoms with Crippen molar-refractivity contribution in [3.8, 4) is 0 Å². The molecule has 100 valence electrons. The van der Waals surface area contributed by atoms with E-state index in [2.05, 4.69) is 60.1 Å². The summed E-state index contributed by atoms with van der Waals surface area (Å²) < 4.78 is 0. The van der Waals surface area contributed by atoms with Crippen LogP contribution >= 0.6 is 0 Å². The predicted molar refractivity (Wildman–Crippen MR) is 81.3 cm³/mol. The highest BCUT2D eigenvalue weighted by atomic mass is 14.9. The summed E-state index contributed by atoms with van der Waals surface area (Å²) in [5.74, 6) is 0.743. The van der Waals surface area contributed by atoms with Crippen LogP contribution < -0.4 is 10.6 Å². The lowest BCUT2D eigenvalue weighted by Gasteiger charge is -2.31. The fraction of sp³-hybridized carbons (Fsp3) is 0.412. The molecule has 0 aliphatic carbocycles. The monoisotopic (exact) mass is 254 g/mol. The van der Waals surface area contributed by atoms with Gasteiger partial charge in [0.15, 0.2) is 0 Å². The van der Waals surface area contributed by atoms with Crippen molar-refractivity contribution in [1.29, 1.82) is 0 Å². The molecule has 2 aromatic rings. The van der Waals surface area contributed by atoms with Gasteiger partial charge in [-0.3, -0.25) is 0 Å². The third-order valence-electron chi connectivity index (χ3n) is 4.30. The maximum Gasteiger partial charge on any atom is 0.0347 e. The molecule has 1 aliphatic heterocycles. The molecule has 1 aliphatic rings. The van der Waals surface area contributed by atoms with Crippen LogP contribution in [0, 0.1) is 5.92 Å². The average molecular weight is 254 g/mol. The van der Waals surface area contributed by atoms with Crippen molar-refractivity contribution in [3.63, 3.8) is 0 Å². The van der Waals surface area contributed by atoms with Crippen LogP contribution in [0.5, 0.6) is 0 Å². The molecular formula is C17H22N2. The Hall–Kier alpha value is -1.38. The zero-order valence-electron chi connectivity index (χ0n) is 11.5. The van der Waals surface area contributed by atoms with Crippen molar-refractivity contribution in [2.45, 2.75) is 18.9 Å². The molecule has 2 aromatic carbocycles. The van der Waals surface area contributed by atoms with E-state index < -0.39 is 0 Å². The lowest BCUT2D eigenvalue weighted by atomic mass is 9.85. The Kier molecular flexibility index (Phi) is 3.81. The van der Waals surface area contributed by atoms with Crippen LogP contribution in [-0.2, 0) is 0 Å². The van der Waals surface area contributed by atoms with E-state index in [9.17, 15) is 0 Å². The Labute approximate surface area is 115 Å². The minimum absolute atomic E-state index is 0.478. The van der Waals surface area contributed by atoms with Crippen molar-refractivity contribution in [2.75, 3.05) is 20.1 Å². The van der Waals surface area contributed by atoms with Gasteiger partial charge >= 0.3 is 0 Å². The summed E-state index contributed by atoms with van der Waals surface area (Å²) in [6.45, 7) is 2.30. The van der Waals surface area contributed by atoms with E-state index in [-0.39, 0.29) is 0 Å². The maximum atomic E-state index is 3.52. The minimum atomic E-state index is 0.478. The lowest BCUT2D eigenvalue weighted by molar-refractivity contribution is 0.294. The number of hydrogen-bond acceptors (Lipinski definition) is 2. The van der Waals surface area contributed by atoms with E-state index in [0.717, 1.165) is 19.0 Å². The van der Waals surface area contributed by atoms with Crippen molar-refractivity contribution < 1.29 is 0 Å². The smallest absolute Gasteiger partial charge is 0.0347 e. The van der Waals surface area contributed by atoms with Gasteiger partial charge in [0.1, 0.15) is 0 Å². The van der Waals surface area contributed by atoms with Crippen LogP contribution in [-0.4, -0.2) is 20.1 Å². The molecule has 2 heteroatoms.